The molecule has 2 N–H and O–H groups in total. The topological polar surface area (TPSA) is 44.4 Å². The van der Waals surface area contributed by atoms with Gasteiger partial charge < -0.3 is 10.6 Å². The Labute approximate surface area is 111 Å². The van der Waals surface area contributed by atoms with Crippen molar-refractivity contribution in [3.05, 3.63) is 0 Å². The number of carbonyl (C=O) groups excluding carboxylic acids is 1. The molecule has 4 heteroatoms. The number of nitrogens with zero attached hydrogens (tertiary/aromatic N) is 1. The number of carbonyl (C=O) groups is 1. The van der Waals surface area contributed by atoms with Gasteiger partial charge in [-0.25, -0.2) is 0 Å². The molecule has 0 saturated carbocycles. The second kappa shape index (κ2) is 6.53. The third-order valence-electron chi connectivity index (χ3n) is 4.09. The summed E-state index contributed by atoms with van der Waals surface area (Å²) in [5.74, 6) is 0.149. The van der Waals surface area contributed by atoms with E-state index in [4.69, 9.17) is 0 Å². The molecule has 1 aliphatic rings. The van der Waals surface area contributed by atoms with Crippen LogP contribution in [0, 0.1) is 0 Å². The summed E-state index contributed by atoms with van der Waals surface area (Å²) in [6.45, 7) is 13.4. The molecule has 1 amide bonds. The summed E-state index contributed by atoms with van der Waals surface area (Å²) in [7, 11) is 0. The van der Waals surface area contributed by atoms with Gasteiger partial charge in [0.1, 0.15) is 0 Å². The van der Waals surface area contributed by atoms with E-state index in [1.807, 2.05) is 6.92 Å². The van der Waals surface area contributed by atoms with E-state index in [1.54, 1.807) is 0 Å². The fourth-order valence-corrected chi connectivity index (χ4v) is 2.45. The van der Waals surface area contributed by atoms with E-state index in [0.29, 0.717) is 6.04 Å². The third kappa shape index (κ3) is 3.95. The Balaban J connectivity index is 2.60. The minimum absolute atomic E-state index is 0.0503. The first-order valence-electron chi connectivity index (χ1n) is 7.19. The molecule has 0 aromatic rings. The molecule has 1 rings (SSSR count). The van der Waals surface area contributed by atoms with Gasteiger partial charge in [0.25, 0.3) is 0 Å². The molecule has 0 aliphatic carbocycles. The van der Waals surface area contributed by atoms with Crippen LogP contribution in [0.5, 0.6) is 0 Å². The Morgan fingerprint density at radius 3 is 2.61 bits per heavy atom. The molecule has 0 radical (unpaired) electrons. The van der Waals surface area contributed by atoms with Crippen molar-refractivity contribution < 1.29 is 4.79 Å². The van der Waals surface area contributed by atoms with Crippen molar-refractivity contribution in [1.29, 1.82) is 0 Å². The number of likely N-dealkylation sites (N-methyl/N-ethyl adjacent to an activating group) is 1. The van der Waals surface area contributed by atoms with Gasteiger partial charge in [0.05, 0.1) is 6.04 Å². The number of amides is 1. The van der Waals surface area contributed by atoms with E-state index in [0.717, 1.165) is 32.5 Å². The molecule has 2 atom stereocenters. The number of hydrogen-bond donors (Lipinski definition) is 2. The minimum Gasteiger partial charge on any atom is -0.350 e. The summed E-state index contributed by atoms with van der Waals surface area (Å²) < 4.78 is 0. The van der Waals surface area contributed by atoms with Crippen LogP contribution in [0.4, 0.5) is 0 Å². The molecule has 0 aromatic heterocycles. The number of hydrogen-bond acceptors (Lipinski definition) is 3. The molecular weight excluding hydrogens is 226 g/mol. The van der Waals surface area contributed by atoms with Crippen molar-refractivity contribution in [3.8, 4) is 0 Å². The van der Waals surface area contributed by atoms with Gasteiger partial charge >= 0.3 is 0 Å². The molecule has 1 fully saturated rings. The zero-order valence-corrected chi connectivity index (χ0v) is 12.5. The van der Waals surface area contributed by atoms with Gasteiger partial charge in [-0.15, -0.1) is 0 Å². The first-order valence-corrected chi connectivity index (χ1v) is 7.19. The van der Waals surface area contributed by atoms with Crippen LogP contribution in [0.1, 0.15) is 47.5 Å². The Morgan fingerprint density at radius 2 is 2.17 bits per heavy atom. The lowest BCUT2D eigenvalue weighted by Gasteiger charge is -2.34. The zero-order valence-electron chi connectivity index (χ0n) is 12.5. The van der Waals surface area contributed by atoms with Crippen LogP contribution in [0.2, 0.25) is 0 Å². The lowest BCUT2D eigenvalue weighted by atomic mass is 10.0. The largest absolute Gasteiger partial charge is 0.350 e. The standard InChI is InChI=1S/C14H29N3O/c1-6-14(4,5)16-13(18)11(3)17(7-2)12-8-9-15-10-12/h11-12,15H,6-10H2,1-5H3,(H,16,18). The highest BCUT2D eigenvalue weighted by atomic mass is 16.2. The Kier molecular flexibility index (Phi) is 5.60. The van der Waals surface area contributed by atoms with Crippen LogP contribution in [0.25, 0.3) is 0 Å². The average molecular weight is 255 g/mol. The first kappa shape index (κ1) is 15.4. The van der Waals surface area contributed by atoms with E-state index in [9.17, 15) is 4.79 Å². The summed E-state index contributed by atoms with van der Waals surface area (Å²) in [6.07, 6.45) is 2.09. The summed E-state index contributed by atoms with van der Waals surface area (Å²) in [6, 6.07) is 0.450. The lowest BCUT2D eigenvalue weighted by Crippen LogP contribution is -2.54. The fourth-order valence-electron chi connectivity index (χ4n) is 2.45. The fraction of sp³-hybridized carbons (Fsp3) is 0.929. The normalized spacial score (nSPS) is 22.2. The van der Waals surface area contributed by atoms with Gasteiger partial charge in [-0.2, -0.15) is 0 Å². The van der Waals surface area contributed by atoms with Crippen molar-refractivity contribution in [2.75, 3.05) is 19.6 Å². The van der Waals surface area contributed by atoms with Crippen molar-refractivity contribution in [2.45, 2.75) is 65.1 Å². The van der Waals surface area contributed by atoms with E-state index in [1.165, 1.54) is 0 Å². The third-order valence-corrected chi connectivity index (χ3v) is 4.09. The molecule has 0 aromatic carbocycles. The van der Waals surface area contributed by atoms with Gasteiger partial charge in [0.15, 0.2) is 0 Å². The second-order valence-corrected chi connectivity index (χ2v) is 5.88. The predicted molar refractivity (Wildman–Crippen MR) is 75.6 cm³/mol. The Hall–Kier alpha value is -0.610. The molecule has 1 aliphatic heterocycles. The second-order valence-electron chi connectivity index (χ2n) is 5.88. The monoisotopic (exact) mass is 255 g/mol. The van der Waals surface area contributed by atoms with Crippen molar-refractivity contribution in [2.24, 2.45) is 0 Å². The van der Waals surface area contributed by atoms with Crippen LogP contribution in [0.15, 0.2) is 0 Å². The zero-order chi connectivity index (χ0) is 13.8. The molecule has 1 heterocycles. The lowest BCUT2D eigenvalue weighted by molar-refractivity contribution is -0.128. The maximum atomic E-state index is 12.3. The maximum Gasteiger partial charge on any atom is 0.237 e. The highest BCUT2D eigenvalue weighted by molar-refractivity contribution is 5.82. The minimum atomic E-state index is -0.112. The van der Waals surface area contributed by atoms with Crippen molar-refractivity contribution in [3.63, 3.8) is 0 Å². The van der Waals surface area contributed by atoms with Crippen LogP contribution >= 0.6 is 0 Å². The maximum absolute atomic E-state index is 12.3. The highest BCUT2D eigenvalue weighted by Gasteiger charge is 2.30. The van der Waals surface area contributed by atoms with Crippen LogP contribution < -0.4 is 10.6 Å². The van der Waals surface area contributed by atoms with E-state index < -0.39 is 0 Å². The smallest absolute Gasteiger partial charge is 0.237 e. The van der Waals surface area contributed by atoms with Crippen LogP contribution in [-0.2, 0) is 4.79 Å². The summed E-state index contributed by atoms with van der Waals surface area (Å²) in [5, 5.41) is 6.51. The van der Waals surface area contributed by atoms with Gasteiger partial charge in [0.2, 0.25) is 5.91 Å². The molecule has 4 nitrogen and oxygen atoms in total. The molecular formula is C14H29N3O. The predicted octanol–water partition coefficient (Wildman–Crippen LogP) is 1.36. The molecule has 18 heavy (non-hydrogen) atoms. The molecule has 2 unspecified atom stereocenters. The Morgan fingerprint density at radius 1 is 1.50 bits per heavy atom. The summed E-state index contributed by atoms with van der Waals surface area (Å²) >= 11 is 0. The highest BCUT2D eigenvalue weighted by Crippen LogP contribution is 2.14. The number of rotatable bonds is 6. The van der Waals surface area contributed by atoms with Crippen LogP contribution in [-0.4, -0.2) is 48.1 Å². The van der Waals surface area contributed by atoms with E-state index in [2.05, 4.69) is 43.2 Å². The van der Waals surface area contributed by atoms with Crippen molar-refractivity contribution >= 4 is 5.91 Å². The first-order chi connectivity index (χ1) is 8.41. The van der Waals surface area contributed by atoms with Gasteiger partial charge in [-0.05, 0) is 46.7 Å². The van der Waals surface area contributed by atoms with E-state index >= 15 is 0 Å². The van der Waals surface area contributed by atoms with Gasteiger partial charge in [-0.1, -0.05) is 13.8 Å². The summed E-state index contributed by atoms with van der Waals surface area (Å²) in [4.78, 5) is 14.6. The molecule has 106 valence electrons. The molecule has 1 saturated heterocycles. The van der Waals surface area contributed by atoms with Crippen LogP contribution in [0.3, 0.4) is 0 Å². The van der Waals surface area contributed by atoms with Crippen molar-refractivity contribution in [1.82, 2.24) is 15.5 Å². The Bertz CT molecular complexity index is 272. The SMILES string of the molecule is CCN(C1CCNC1)C(C)C(=O)NC(C)(C)CC. The number of nitrogens with one attached hydrogen (secondary N) is 2. The average Bonchev–Trinajstić information content (AvgIpc) is 2.83. The van der Waals surface area contributed by atoms with E-state index in [-0.39, 0.29) is 17.5 Å². The molecule has 0 spiro atoms. The van der Waals surface area contributed by atoms with Gasteiger partial charge in [0, 0.05) is 18.1 Å². The van der Waals surface area contributed by atoms with Gasteiger partial charge in [-0.3, -0.25) is 9.69 Å². The molecule has 0 bridgehead atoms. The summed E-state index contributed by atoms with van der Waals surface area (Å²) in [5.41, 5.74) is -0.112. The quantitative estimate of drug-likeness (QED) is 0.753.